The topological polar surface area (TPSA) is 29.5 Å². The lowest BCUT2D eigenvalue weighted by atomic mass is 9.68. The number of allylic oxidation sites excluding steroid dienone is 2. The summed E-state index contributed by atoms with van der Waals surface area (Å²) in [5.74, 6) is 0.883. The number of rotatable bonds is 2. The van der Waals surface area contributed by atoms with E-state index >= 15 is 0 Å². The van der Waals surface area contributed by atoms with Gasteiger partial charge in [-0.1, -0.05) is 24.9 Å². The van der Waals surface area contributed by atoms with Crippen molar-refractivity contribution in [3.63, 3.8) is 0 Å². The van der Waals surface area contributed by atoms with Gasteiger partial charge in [-0.2, -0.15) is 0 Å². The molecule has 0 saturated carbocycles. The molecule has 3 rings (SSSR count). The highest BCUT2D eigenvalue weighted by atomic mass is 16.5. The number of phenolic OH excluding ortho intramolecular Hbond substituents is 1. The molecular formula is C19H26O2. The maximum Gasteiger partial charge on any atom is 0.127 e. The Bertz CT molecular complexity index is 749. The van der Waals surface area contributed by atoms with Crippen molar-refractivity contribution < 1.29 is 16.7 Å². The fourth-order valence-electron chi connectivity index (χ4n) is 3.78. The van der Waals surface area contributed by atoms with E-state index in [0.29, 0.717) is 11.3 Å². The molecule has 1 heterocycles. The van der Waals surface area contributed by atoms with E-state index in [2.05, 4.69) is 13.0 Å². The Morgan fingerprint density at radius 1 is 1.48 bits per heavy atom. The van der Waals surface area contributed by atoms with Gasteiger partial charge in [0.05, 0.1) is 0 Å². The summed E-state index contributed by atoms with van der Waals surface area (Å²) in [7, 11) is 0. The predicted molar refractivity (Wildman–Crippen MR) is 86.0 cm³/mol. The number of hydrogen-bond donors (Lipinski definition) is 1. The van der Waals surface area contributed by atoms with Crippen molar-refractivity contribution >= 4 is 0 Å². The summed E-state index contributed by atoms with van der Waals surface area (Å²) in [4.78, 5) is 0. The molecule has 1 N–H and O–H groups in total. The number of ether oxygens (including phenoxy) is 1. The van der Waals surface area contributed by atoms with Gasteiger partial charge in [-0.15, -0.1) is 0 Å². The van der Waals surface area contributed by atoms with Gasteiger partial charge < -0.3 is 9.84 Å². The normalized spacial score (nSPS) is 31.2. The Morgan fingerprint density at radius 2 is 2.29 bits per heavy atom. The first kappa shape index (κ1) is 9.55. The predicted octanol–water partition coefficient (Wildman–Crippen LogP) is 4.96. The zero-order chi connectivity index (χ0) is 19.5. The van der Waals surface area contributed by atoms with Crippen molar-refractivity contribution in [1.29, 1.82) is 0 Å². The second-order valence-electron chi connectivity index (χ2n) is 6.77. The van der Waals surface area contributed by atoms with Crippen LogP contribution in [0.15, 0.2) is 23.8 Å². The molecule has 0 unspecified atom stereocenters. The molecule has 0 bridgehead atoms. The largest absolute Gasteiger partial charge is 0.507 e. The molecule has 0 radical (unpaired) electrons. The fraction of sp³-hybridized carbons (Fsp3) is 0.579. The van der Waals surface area contributed by atoms with Crippen molar-refractivity contribution in [2.45, 2.75) is 64.8 Å². The minimum absolute atomic E-state index is 0.0512. The van der Waals surface area contributed by atoms with Crippen LogP contribution in [0.2, 0.25) is 0 Å². The molecule has 0 spiro atoms. The minimum atomic E-state index is -2.73. The van der Waals surface area contributed by atoms with Crippen LogP contribution in [-0.4, -0.2) is 10.7 Å². The van der Waals surface area contributed by atoms with E-state index in [4.69, 9.17) is 11.6 Å². The number of phenols is 1. The molecule has 2 heteroatoms. The lowest BCUT2D eigenvalue weighted by Crippen LogP contribution is -2.45. The van der Waals surface area contributed by atoms with Gasteiger partial charge in [0.2, 0.25) is 0 Å². The maximum absolute atomic E-state index is 10.7. The monoisotopic (exact) mass is 291 g/mol. The number of aryl methyl sites for hydroxylation is 1. The molecule has 2 aliphatic rings. The molecule has 0 aromatic heterocycles. The van der Waals surface area contributed by atoms with Gasteiger partial charge in [-0.25, -0.2) is 0 Å². The Morgan fingerprint density at radius 3 is 3.05 bits per heavy atom. The van der Waals surface area contributed by atoms with Gasteiger partial charge in [0.15, 0.2) is 0 Å². The van der Waals surface area contributed by atoms with Gasteiger partial charge in [-0.05, 0) is 57.7 Å². The third-order valence-electron chi connectivity index (χ3n) is 4.82. The molecule has 0 fully saturated rings. The van der Waals surface area contributed by atoms with Crippen LogP contribution in [0.1, 0.15) is 70.7 Å². The average molecular weight is 291 g/mol. The van der Waals surface area contributed by atoms with Crippen LogP contribution >= 0.6 is 0 Å². The fourth-order valence-corrected chi connectivity index (χ4v) is 3.78. The van der Waals surface area contributed by atoms with E-state index in [1.54, 1.807) is 6.07 Å². The first-order valence-corrected chi connectivity index (χ1v) is 7.54. The van der Waals surface area contributed by atoms with E-state index in [1.165, 1.54) is 11.6 Å². The molecule has 114 valence electrons. The SMILES string of the molecule is [2H]C([2H])([2H])C([2H])([2H])Cc1cc(O)c2c(c1)OC(C)(C)[C@@H]1CCC(C)=C[C@@H]21. The van der Waals surface area contributed by atoms with Crippen molar-refractivity contribution in [2.75, 3.05) is 0 Å². The van der Waals surface area contributed by atoms with Gasteiger partial charge in [0, 0.05) is 24.3 Å². The average Bonchev–Trinajstić information content (AvgIpc) is 2.43. The summed E-state index contributed by atoms with van der Waals surface area (Å²) in [6, 6.07) is 3.17. The number of benzene rings is 1. The van der Waals surface area contributed by atoms with Gasteiger partial charge in [-0.3, -0.25) is 0 Å². The summed E-state index contributed by atoms with van der Waals surface area (Å²) in [6.07, 6.45) is 1.51. The maximum atomic E-state index is 10.7. The van der Waals surface area contributed by atoms with Crippen molar-refractivity contribution in [3.05, 3.63) is 34.9 Å². The van der Waals surface area contributed by atoms with Crippen molar-refractivity contribution in [1.82, 2.24) is 0 Å². The Balaban J connectivity index is 2.05. The van der Waals surface area contributed by atoms with Gasteiger partial charge in [0.25, 0.3) is 0 Å². The third kappa shape index (κ3) is 2.45. The Hall–Kier alpha value is -1.44. The molecule has 1 aromatic carbocycles. The second-order valence-corrected chi connectivity index (χ2v) is 6.77. The molecule has 21 heavy (non-hydrogen) atoms. The molecule has 1 aromatic rings. The first-order chi connectivity index (χ1) is 11.8. The van der Waals surface area contributed by atoms with E-state index in [1.807, 2.05) is 13.8 Å². The molecule has 0 amide bonds. The highest BCUT2D eigenvalue weighted by Gasteiger charge is 2.45. The van der Waals surface area contributed by atoms with E-state index in [-0.39, 0.29) is 24.0 Å². The van der Waals surface area contributed by atoms with Crippen LogP contribution in [-0.2, 0) is 6.42 Å². The third-order valence-corrected chi connectivity index (χ3v) is 4.82. The Kier molecular flexibility index (Phi) is 2.31. The summed E-state index contributed by atoms with van der Waals surface area (Å²) < 4.78 is 44.1. The number of fused-ring (bicyclic) bond motifs is 3. The molecule has 2 atom stereocenters. The molecule has 0 saturated heterocycles. The van der Waals surface area contributed by atoms with E-state index < -0.39 is 18.8 Å². The standard InChI is InChI=1S/C19H26O2/c1-5-6-13-10-16(20)18-14-9-12(2)7-8-15(14)19(3,4)21-17(18)11-13/h9-11,14-15,20H,5-8H2,1-4H3/t14-,15-/m1/s1/i1D3,5D2. The molecule has 1 aliphatic heterocycles. The zero-order valence-corrected chi connectivity index (χ0v) is 12.9. The van der Waals surface area contributed by atoms with Crippen molar-refractivity contribution in [2.24, 2.45) is 5.92 Å². The molecule has 1 aliphatic carbocycles. The van der Waals surface area contributed by atoms with Crippen LogP contribution in [0, 0.1) is 5.92 Å². The second kappa shape index (κ2) is 5.08. The van der Waals surface area contributed by atoms with Crippen LogP contribution in [0.25, 0.3) is 0 Å². The quantitative estimate of drug-likeness (QED) is 0.781. The summed E-state index contributed by atoms with van der Waals surface area (Å²) in [6.45, 7) is 3.43. The molecular weight excluding hydrogens is 260 g/mol. The highest BCUT2D eigenvalue weighted by Crippen LogP contribution is 2.53. The van der Waals surface area contributed by atoms with Crippen LogP contribution < -0.4 is 4.74 Å². The van der Waals surface area contributed by atoms with Crippen LogP contribution in [0.4, 0.5) is 0 Å². The summed E-state index contributed by atoms with van der Waals surface area (Å²) in [5.41, 5.74) is 2.03. The smallest absolute Gasteiger partial charge is 0.127 e. The van der Waals surface area contributed by atoms with Gasteiger partial charge in [0.1, 0.15) is 17.1 Å². The van der Waals surface area contributed by atoms with Crippen LogP contribution in [0.5, 0.6) is 11.5 Å². The Labute approximate surface area is 134 Å². The summed E-state index contributed by atoms with van der Waals surface area (Å²) >= 11 is 0. The van der Waals surface area contributed by atoms with E-state index in [0.717, 1.165) is 18.4 Å². The number of hydrogen-bond acceptors (Lipinski definition) is 2. The highest BCUT2D eigenvalue weighted by molar-refractivity contribution is 5.53. The first-order valence-electron chi connectivity index (χ1n) is 10.0. The lowest BCUT2D eigenvalue weighted by molar-refractivity contribution is 0.0107. The summed E-state index contributed by atoms with van der Waals surface area (Å²) in [5, 5.41) is 10.7. The van der Waals surface area contributed by atoms with Gasteiger partial charge >= 0.3 is 0 Å². The van der Waals surface area contributed by atoms with Crippen molar-refractivity contribution in [3.8, 4) is 11.5 Å². The molecule has 2 nitrogen and oxygen atoms in total. The minimum Gasteiger partial charge on any atom is -0.507 e. The number of aromatic hydroxyl groups is 1. The van der Waals surface area contributed by atoms with E-state index in [9.17, 15) is 5.11 Å². The lowest BCUT2D eigenvalue weighted by Gasteiger charge is -2.46. The zero-order valence-electron chi connectivity index (χ0n) is 17.9. The van der Waals surface area contributed by atoms with Crippen LogP contribution in [0.3, 0.4) is 0 Å².